The van der Waals surface area contributed by atoms with Gasteiger partial charge in [0.15, 0.2) is 0 Å². The van der Waals surface area contributed by atoms with Gasteiger partial charge in [0, 0.05) is 20.0 Å². The first-order valence-corrected chi connectivity index (χ1v) is 7.81. The van der Waals surface area contributed by atoms with E-state index in [4.69, 9.17) is 10.5 Å². The number of rotatable bonds is 4. The van der Waals surface area contributed by atoms with Crippen molar-refractivity contribution in [3.8, 4) is 0 Å². The number of carbonyl (C=O) groups is 1. The lowest BCUT2D eigenvalue weighted by atomic mass is 10.2. The minimum absolute atomic E-state index is 0.0737. The van der Waals surface area contributed by atoms with Crippen LogP contribution in [0.15, 0.2) is 50.7 Å². The summed E-state index contributed by atoms with van der Waals surface area (Å²) in [4.78, 5) is 13.0. The van der Waals surface area contributed by atoms with Crippen LogP contribution in [0.2, 0.25) is 0 Å². The minimum Gasteiger partial charge on any atom is -0.462 e. The Labute approximate surface area is 134 Å². The van der Waals surface area contributed by atoms with Gasteiger partial charge in [-0.1, -0.05) is 33.8 Å². The van der Waals surface area contributed by atoms with Crippen LogP contribution < -0.4 is 5.73 Å². The highest BCUT2D eigenvalue weighted by atomic mass is 79.9. The van der Waals surface area contributed by atoms with Crippen molar-refractivity contribution >= 4 is 39.3 Å². The molecule has 2 N–H and O–H groups in total. The van der Waals surface area contributed by atoms with Gasteiger partial charge in [-0.25, -0.2) is 9.18 Å². The number of nitrogens with two attached hydrogens (primary N) is 1. The summed E-state index contributed by atoms with van der Waals surface area (Å²) < 4.78 is 19.8. The predicted octanol–water partition coefficient (Wildman–Crippen LogP) is 4.50. The topological polar surface area (TPSA) is 52.3 Å². The number of hydrogen-bond donors (Lipinski definition) is 1. The summed E-state index contributed by atoms with van der Waals surface area (Å²) in [6, 6.07) is 10.0. The van der Waals surface area contributed by atoms with Gasteiger partial charge in [0.05, 0.1) is 12.2 Å². The predicted molar refractivity (Wildman–Crippen MR) is 85.0 cm³/mol. The molecule has 21 heavy (non-hydrogen) atoms. The number of esters is 1. The van der Waals surface area contributed by atoms with E-state index in [-0.39, 0.29) is 17.9 Å². The Morgan fingerprint density at radius 3 is 2.81 bits per heavy atom. The number of anilines is 1. The van der Waals surface area contributed by atoms with Gasteiger partial charge in [-0.15, -0.1) is 0 Å². The molecule has 0 heterocycles. The first-order valence-electron chi connectivity index (χ1n) is 6.20. The summed E-state index contributed by atoms with van der Waals surface area (Å²) in [5, 5.41) is 0. The molecular formula is C15H13BrFNO2S. The second kappa shape index (κ2) is 6.95. The van der Waals surface area contributed by atoms with Gasteiger partial charge in [-0.3, -0.25) is 0 Å². The van der Waals surface area contributed by atoms with Gasteiger partial charge in [-0.05, 0) is 37.3 Å². The maximum atomic E-state index is 14.0. The van der Waals surface area contributed by atoms with Gasteiger partial charge in [0.25, 0.3) is 0 Å². The van der Waals surface area contributed by atoms with Gasteiger partial charge >= 0.3 is 5.97 Å². The average Bonchev–Trinajstić information content (AvgIpc) is 2.42. The summed E-state index contributed by atoms with van der Waals surface area (Å²) in [6.45, 7) is 1.94. The van der Waals surface area contributed by atoms with E-state index in [1.54, 1.807) is 6.92 Å². The number of benzene rings is 2. The van der Waals surface area contributed by atoms with Crippen molar-refractivity contribution in [2.24, 2.45) is 0 Å². The van der Waals surface area contributed by atoms with Crippen LogP contribution >= 0.6 is 27.7 Å². The molecule has 2 aromatic carbocycles. The van der Waals surface area contributed by atoms with E-state index in [1.807, 2.05) is 24.3 Å². The van der Waals surface area contributed by atoms with E-state index in [1.165, 1.54) is 17.8 Å². The molecule has 0 radical (unpaired) electrons. The van der Waals surface area contributed by atoms with Crippen LogP contribution in [-0.4, -0.2) is 12.6 Å². The van der Waals surface area contributed by atoms with Crippen LogP contribution in [0.1, 0.15) is 17.3 Å². The molecular weight excluding hydrogens is 357 g/mol. The number of ether oxygens (including phenoxy) is 1. The lowest BCUT2D eigenvalue weighted by molar-refractivity contribution is 0.0527. The molecule has 0 aliphatic heterocycles. The van der Waals surface area contributed by atoms with E-state index in [9.17, 15) is 9.18 Å². The van der Waals surface area contributed by atoms with Crippen molar-refractivity contribution in [3.63, 3.8) is 0 Å². The first kappa shape index (κ1) is 15.9. The molecule has 3 nitrogen and oxygen atoms in total. The monoisotopic (exact) mass is 369 g/mol. The molecule has 2 rings (SSSR count). The largest absolute Gasteiger partial charge is 0.462 e. The van der Waals surface area contributed by atoms with Gasteiger partial charge in [0.1, 0.15) is 5.82 Å². The number of nitrogen functional groups attached to an aromatic ring is 1. The lowest BCUT2D eigenvalue weighted by Crippen LogP contribution is -2.08. The third-order valence-corrected chi connectivity index (χ3v) is 4.14. The number of halogens is 2. The van der Waals surface area contributed by atoms with Gasteiger partial charge in [0.2, 0.25) is 0 Å². The van der Waals surface area contributed by atoms with Gasteiger partial charge < -0.3 is 10.5 Å². The maximum absolute atomic E-state index is 14.0. The number of hydrogen-bond acceptors (Lipinski definition) is 4. The molecule has 0 aliphatic rings. The normalized spacial score (nSPS) is 10.4. The molecule has 0 saturated carbocycles. The summed E-state index contributed by atoms with van der Waals surface area (Å²) in [6.07, 6.45) is 0. The summed E-state index contributed by atoms with van der Waals surface area (Å²) in [7, 11) is 0. The molecule has 6 heteroatoms. The van der Waals surface area contributed by atoms with Crippen molar-refractivity contribution in [1.29, 1.82) is 0 Å². The Morgan fingerprint density at radius 2 is 2.14 bits per heavy atom. The average molecular weight is 370 g/mol. The Kier molecular flexibility index (Phi) is 5.25. The maximum Gasteiger partial charge on any atom is 0.340 e. The third-order valence-electron chi connectivity index (χ3n) is 2.62. The molecule has 0 fully saturated rings. The zero-order chi connectivity index (χ0) is 15.4. The van der Waals surface area contributed by atoms with Crippen molar-refractivity contribution < 1.29 is 13.9 Å². The van der Waals surface area contributed by atoms with Crippen LogP contribution in [-0.2, 0) is 4.74 Å². The standard InChI is InChI=1S/C15H13BrFNO2S/c1-2-20-15(19)11-7-14(12(17)8-13(11)18)21-10-5-3-4-9(16)6-10/h3-8H,2,18H2,1H3. The Hall–Kier alpha value is -1.53. The summed E-state index contributed by atoms with van der Waals surface area (Å²) in [5.74, 6) is -1.02. The van der Waals surface area contributed by atoms with Crippen LogP contribution in [0.5, 0.6) is 0 Å². The zero-order valence-corrected chi connectivity index (χ0v) is 13.6. The van der Waals surface area contributed by atoms with E-state index in [0.29, 0.717) is 4.90 Å². The van der Waals surface area contributed by atoms with Crippen LogP contribution in [0.25, 0.3) is 0 Å². The van der Waals surface area contributed by atoms with Crippen LogP contribution in [0, 0.1) is 5.82 Å². The lowest BCUT2D eigenvalue weighted by Gasteiger charge is -2.09. The fraction of sp³-hybridized carbons (Fsp3) is 0.133. The Balaban J connectivity index is 2.35. The molecule has 0 unspecified atom stereocenters. The van der Waals surface area contributed by atoms with Crippen molar-refractivity contribution in [2.45, 2.75) is 16.7 Å². The third kappa shape index (κ3) is 3.98. The molecule has 0 spiro atoms. The molecule has 0 aliphatic carbocycles. The highest BCUT2D eigenvalue weighted by Gasteiger charge is 2.16. The molecule has 0 saturated heterocycles. The highest BCUT2D eigenvalue weighted by molar-refractivity contribution is 9.10. The van der Waals surface area contributed by atoms with Crippen molar-refractivity contribution in [1.82, 2.24) is 0 Å². The minimum atomic E-state index is -0.550. The first-order chi connectivity index (χ1) is 10.0. The molecule has 110 valence electrons. The fourth-order valence-corrected chi connectivity index (χ4v) is 3.16. The van der Waals surface area contributed by atoms with E-state index >= 15 is 0 Å². The van der Waals surface area contributed by atoms with E-state index < -0.39 is 11.8 Å². The Morgan fingerprint density at radius 1 is 1.38 bits per heavy atom. The van der Waals surface area contributed by atoms with E-state index in [2.05, 4.69) is 15.9 Å². The zero-order valence-electron chi connectivity index (χ0n) is 11.2. The molecule has 0 atom stereocenters. The van der Waals surface area contributed by atoms with Crippen LogP contribution in [0.4, 0.5) is 10.1 Å². The molecule has 2 aromatic rings. The smallest absolute Gasteiger partial charge is 0.340 e. The molecule has 0 bridgehead atoms. The van der Waals surface area contributed by atoms with E-state index in [0.717, 1.165) is 15.4 Å². The summed E-state index contributed by atoms with van der Waals surface area (Å²) >= 11 is 4.58. The highest BCUT2D eigenvalue weighted by Crippen LogP contribution is 2.33. The second-order valence-electron chi connectivity index (χ2n) is 4.15. The van der Waals surface area contributed by atoms with Crippen molar-refractivity contribution in [2.75, 3.05) is 12.3 Å². The SMILES string of the molecule is CCOC(=O)c1cc(Sc2cccc(Br)c2)c(F)cc1N. The molecule has 0 amide bonds. The van der Waals surface area contributed by atoms with Gasteiger partial charge in [-0.2, -0.15) is 0 Å². The quantitative estimate of drug-likeness (QED) is 0.636. The summed E-state index contributed by atoms with van der Waals surface area (Å²) in [5.41, 5.74) is 5.93. The molecule has 0 aromatic heterocycles. The fourth-order valence-electron chi connectivity index (χ4n) is 1.69. The van der Waals surface area contributed by atoms with Crippen molar-refractivity contribution in [3.05, 3.63) is 52.3 Å². The Bertz CT molecular complexity index is 679. The number of carbonyl (C=O) groups excluding carboxylic acids is 1. The van der Waals surface area contributed by atoms with Crippen LogP contribution in [0.3, 0.4) is 0 Å². The second-order valence-corrected chi connectivity index (χ2v) is 6.18.